The molecule has 2 aliphatic rings. The Labute approximate surface area is 193 Å². The first kappa shape index (κ1) is 22.8. The van der Waals surface area contributed by atoms with Crippen LogP contribution in [-0.2, 0) is 14.3 Å². The molecule has 7 nitrogen and oxygen atoms in total. The fourth-order valence-corrected chi connectivity index (χ4v) is 4.83. The zero-order valence-corrected chi connectivity index (χ0v) is 19.2. The first-order chi connectivity index (χ1) is 15.8. The van der Waals surface area contributed by atoms with Gasteiger partial charge in [-0.25, -0.2) is 4.79 Å². The highest BCUT2D eigenvalue weighted by atomic mass is 16.5. The minimum Gasteiger partial charge on any atom is -0.481 e. The number of carboxylic acid groups (broad SMARTS) is 1. The minimum atomic E-state index is -0.889. The van der Waals surface area contributed by atoms with E-state index in [2.05, 4.69) is 17.4 Å². The number of hydrogen-bond acceptors (Lipinski definition) is 4. The Hall–Kier alpha value is -3.35. The number of fused-ring (bicyclic) bond motifs is 3. The molecule has 174 valence electrons. The van der Waals surface area contributed by atoms with Crippen LogP contribution < -0.4 is 5.32 Å². The number of benzene rings is 2. The zero-order valence-electron chi connectivity index (χ0n) is 19.2. The number of amides is 2. The molecule has 1 aliphatic carbocycles. The van der Waals surface area contributed by atoms with Gasteiger partial charge in [-0.3, -0.25) is 9.59 Å². The monoisotopic (exact) mass is 450 g/mol. The molecule has 7 heteroatoms. The van der Waals surface area contributed by atoms with E-state index in [1.54, 1.807) is 0 Å². The molecule has 1 heterocycles. The molecule has 2 N–H and O–H groups in total. The van der Waals surface area contributed by atoms with Crippen LogP contribution in [0.4, 0.5) is 4.79 Å². The summed E-state index contributed by atoms with van der Waals surface area (Å²) in [6.07, 6.45) is -0.192. The standard InChI is InChI=1S/C26H30N2O5/c1-4-26(24(30)31)14-28(15-26)23(29)22(16(2)3)27-25(32)33-13-21-19-11-7-5-9-17(19)18-10-6-8-12-20(18)21/h5-12,16,21-22H,4,13-15H2,1-3H3,(H,27,32)(H,30,31). The van der Waals surface area contributed by atoms with Crippen LogP contribution in [0.3, 0.4) is 0 Å². The van der Waals surface area contributed by atoms with Crippen molar-refractivity contribution in [3.63, 3.8) is 0 Å². The van der Waals surface area contributed by atoms with Crippen molar-refractivity contribution in [2.45, 2.75) is 39.2 Å². The molecule has 1 fully saturated rings. The van der Waals surface area contributed by atoms with Crippen molar-refractivity contribution in [2.24, 2.45) is 11.3 Å². The van der Waals surface area contributed by atoms with Crippen molar-refractivity contribution in [3.05, 3.63) is 59.7 Å². The third-order valence-electron chi connectivity index (χ3n) is 6.98. The second-order valence-corrected chi connectivity index (χ2v) is 9.32. The molecule has 2 amide bonds. The number of carboxylic acids is 1. The molecule has 0 aromatic heterocycles. The van der Waals surface area contributed by atoms with E-state index in [0.717, 1.165) is 22.3 Å². The molecule has 33 heavy (non-hydrogen) atoms. The van der Waals surface area contributed by atoms with E-state index < -0.39 is 23.5 Å². The highest BCUT2D eigenvalue weighted by Crippen LogP contribution is 2.44. The summed E-state index contributed by atoms with van der Waals surface area (Å²) >= 11 is 0. The summed E-state index contributed by atoms with van der Waals surface area (Å²) in [5, 5.41) is 12.2. The normalized spacial score (nSPS) is 17.0. The Morgan fingerprint density at radius 2 is 1.61 bits per heavy atom. The van der Waals surface area contributed by atoms with Crippen molar-refractivity contribution in [2.75, 3.05) is 19.7 Å². The average Bonchev–Trinajstić information content (AvgIpc) is 3.09. The number of carbonyl (C=O) groups is 3. The lowest BCUT2D eigenvalue weighted by Crippen LogP contribution is -2.65. The van der Waals surface area contributed by atoms with Crippen molar-refractivity contribution >= 4 is 18.0 Å². The van der Waals surface area contributed by atoms with Crippen molar-refractivity contribution in [3.8, 4) is 11.1 Å². The van der Waals surface area contributed by atoms with Gasteiger partial charge in [0.25, 0.3) is 0 Å². The maximum atomic E-state index is 13.0. The molecule has 0 bridgehead atoms. The fourth-order valence-electron chi connectivity index (χ4n) is 4.83. The molecule has 1 atom stereocenters. The predicted molar refractivity (Wildman–Crippen MR) is 124 cm³/mol. The SMILES string of the molecule is CCC1(C(=O)O)CN(C(=O)C(NC(=O)OCC2c3ccccc3-c3ccccc32)C(C)C)C1. The topological polar surface area (TPSA) is 95.9 Å². The highest BCUT2D eigenvalue weighted by molar-refractivity contribution is 5.89. The maximum Gasteiger partial charge on any atom is 0.407 e. The van der Waals surface area contributed by atoms with Crippen LogP contribution in [0.15, 0.2) is 48.5 Å². The number of ether oxygens (including phenoxy) is 1. The van der Waals surface area contributed by atoms with Crippen molar-refractivity contribution in [1.82, 2.24) is 10.2 Å². The minimum absolute atomic E-state index is 0.0625. The van der Waals surface area contributed by atoms with Gasteiger partial charge in [-0.05, 0) is 34.6 Å². The summed E-state index contributed by atoms with van der Waals surface area (Å²) in [6, 6.07) is 15.4. The van der Waals surface area contributed by atoms with Gasteiger partial charge in [-0.1, -0.05) is 69.3 Å². The molecule has 2 aromatic rings. The van der Waals surface area contributed by atoms with Gasteiger partial charge in [-0.15, -0.1) is 0 Å². The molecule has 0 radical (unpaired) electrons. The first-order valence-corrected chi connectivity index (χ1v) is 11.4. The van der Waals surface area contributed by atoms with E-state index in [-0.39, 0.29) is 37.4 Å². The molecule has 4 rings (SSSR count). The smallest absolute Gasteiger partial charge is 0.407 e. The lowest BCUT2D eigenvalue weighted by atomic mass is 9.77. The quantitative estimate of drug-likeness (QED) is 0.668. The summed E-state index contributed by atoms with van der Waals surface area (Å²) < 4.78 is 5.59. The van der Waals surface area contributed by atoms with E-state index in [4.69, 9.17) is 4.74 Å². The lowest BCUT2D eigenvalue weighted by molar-refractivity contribution is -0.167. The number of hydrogen-bond donors (Lipinski definition) is 2. The largest absolute Gasteiger partial charge is 0.481 e. The van der Waals surface area contributed by atoms with E-state index in [0.29, 0.717) is 6.42 Å². The van der Waals surface area contributed by atoms with Crippen LogP contribution >= 0.6 is 0 Å². The van der Waals surface area contributed by atoms with Gasteiger partial charge in [0.1, 0.15) is 18.1 Å². The third-order valence-corrected chi connectivity index (χ3v) is 6.98. The molecule has 2 aromatic carbocycles. The van der Waals surface area contributed by atoms with Crippen LogP contribution in [0.2, 0.25) is 0 Å². The molecular weight excluding hydrogens is 420 g/mol. The summed E-state index contributed by atoms with van der Waals surface area (Å²) in [4.78, 5) is 38.7. The summed E-state index contributed by atoms with van der Waals surface area (Å²) in [7, 11) is 0. The van der Waals surface area contributed by atoms with Gasteiger partial charge < -0.3 is 20.1 Å². The molecule has 1 saturated heterocycles. The first-order valence-electron chi connectivity index (χ1n) is 11.4. The van der Waals surface area contributed by atoms with Crippen molar-refractivity contribution in [1.29, 1.82) is 0 Å². The van der Waals surface area contributed by atoms with Gasteiger partial charge in [0.05, 0.1) is 0 Å². The number of likely N-dealkylation sites (tertiary alicyclic amines) is 1. The number of carbonyl (C=O) groups excluding carboxylic acids is 2. The Balaban J connectivity index is 1.40. The Kier molecular flexibility index (Phi) is 6.15. The van der Waals surface area contributed by atoms with Gasteiger partial charge in [0.2, 0.25) is 5.91 Å². The Morgan fingerprint density at radius 1 is 1.06 bits per heavy atom. The molecular formula is C26H30N2O5. The average molecular weight is 451 g/mol. The Morgan fingerprint density at radius 3 is 2.09 bits per heavy atom. The van der Waals surface area contributed by atoms with Crippen LogP contribution in [0.5, 0.6) is 0 Å². The van der Waals surface area contributed by atoms with Crippen LogP contribution in [-0.4, -0.2) is 53.7 Å². The van der Waals surface area contributed by atoms with Crippen LogP contribution in [0, 0.1) is 11.3 Å². The van der Waals surface area contributed by atoms with E-state index >= 15 is 0 Å². The van der Waals surface area contributed by atoms with E-state index in [1.807, 2.05) is 57.2 Å². The van der Waals surface area contributed by atoms with E-state index in [9.17, 15) is 19.5 Å². The number of nitrogens with one attached hydrogen (secondary N) is 1. The predicted octanol–water partition coefficient (Wildman–Crippen LogP) is 3.87. The number of alkyl carbamates (subject to hydrolysis) is 1. The molecule has 1 aliphatic heterocycles. The lowest BCUT2D eigenvalue weighted by Gasteiger charge is -2.48. The van der Waals surface area contributed by atoms with Gasteiger partial charge in [-0.2, -0.15) is 0 Å². The molecule has 0 saturated carbocycles. The summed E-state index contributed by atoms with van der Waals surface area (Å²) in [6.45, 7) is 5.98. The van der Waals surface area contributed by atoms with E-state index in [1.165, 1.54) is 4.90 Å². The number of rotatable bonds is 7. The van der Waals surface area contributed by atoms with Gasteiger partial charge in [0, 0.05) is 19.0 Å². The number of nitrogens with zero attached hydrogens (tertiary/aromatic N) is 1. The van der Waals surface area contributed by atoms with Crippen LogP contribution in [0.25, 0.3) is 11.1 Å². The zero-order chi connectivity index (χ0) is 23.8. The van der Waals surface area contributed by atoms with Gasteiger partial charge >= 0.3 is 12.1 Å². The second kappa shape index (κ2) is 8.89. The number of aliphatic carboxylic acids is 1. The molecule has 1 unspecified atom stereocenters. The molecule has 0 spiro atoms. The van der Waals surface area contributed by atoms with Gasteiger partial charge in [0.15, 0.2) is 0 Å². The second-order valence-electron chi connectivity index (χ2n) is 9.32. The fraction of sp³-hybridized carbons (Fsp3) is 0.423. The van der Waals surface area contributed by atoms with Crippen LogP contribution in [0.1, 0.15) is 44.2 Å². The third kappa shape index (κ3) is 4.08. The summed E-state index contributed by atoms with van der Waals surface area (Å²) in [5.41, 5.74) is 3.64. The summed E-state index contributed by atoms with van der Waals surface area (Å²) in [5.74, 6) is -1.39. The maximum absolute atomic E-state index is 13.0. The Bertz CT molecular complexity index is 1030. The highest BCUT2D eigenvalue weighted by Gasteiger charge is 2.51. The van der Waals surface area contributed by atoms with Crippen molar-refractivity contribution < 1.29 is 24.2 Å².